The molecule has 7 nitrogen and oxygen atoms in total. The molecule has 0 spiro atoms. The molecule has 1 atom stereocenters. The van der Waals surface area contributed by atoms with Gasteiger partial charge in [-0.3, -0.25) is 4.79 Å². The summed E-state index contributed by atoms with van der Waals surface area (Å²) in [5.41, 5.74) is 1.18. The first-order valence-corrected chi connectivity index (χ1v) is 8.35. The van der Waals surface area contributed by atoms with Crippen molar-refractivity contribution in [1.29, 1.82) is 0 Å². The average molecular weight is 338 g/mol. The molecule has 3 aromatic rings. The molecule has 1 fully saturated rings. The maximum atomic E-state index is 12.9. The molecule has 3 heterocycles. The van der Waals surface area contributed by atoms with Gasteiger partial charge >= 0.3 is 0 Å². The van der Waals surface area contributed by atoms with Crippen molar-refractivity contribution in [2.24, 2.45) is 0 Å². The summed E-state index contributed by atoms with van der Waals surface area (Å²) < 4.78 is 10.7. The molecular formula is C18H18N4O3. The fourth-order valence-corrected chi connectivity index (χ4v) is 3.14. The molecular weight excluding hydrogens is 320 g/mol. The van der Waals surface area contributed by atoms with Gasteiger partial charge < -0.3 is 13.9 Å². The number of hydrogen-bond acceptors (Lipinski definition) is 6. The van der Waals surface area contributed by atoms with Gasteiger partial charge in [-0.2, -0.15) is 4.98 Å². The molecule has 4 rings (SSSR count). The maximum absolute atomic E-state index is 12.9. The second kappa shape index (κ2) is 6.51. The van der Waals surface area contributed by atoms with Gasteiger partial charge in [0.05, 0.1) is 0 Å². The summed E-state index contributed by atoms with van der Waals surface area (Å²) >= 11 is 0. The lowest BCUT2D eigenvalue weighted by atomic mass is 10.0. The van der Waals surface area contributed by atoms with Crippen LogP contribution >= 0.6 is 0 Å². The smallest absolute Gasteiger partial charge is 0.276 e. The third-order valence-corrected chi connectivity index (χ3v) is 4.38. The van der Waals surface area contributed by atoms with Crippen LogP contribution in [0.1, 0.15) is 47.5 Å². The standard InChI is InChI=1S/C18H18N4O3/c1-12-19-17(25-20-12)15-9-5-6-10-22(15)18(23)14-11-16(24-21-14)13-7-3-2-4-8-13/h2-4,7-8,11,15H,5-6,9-10H2,1H3/t15-/m1/s1. The second-order valence-electron chi connectivity index (χ2n) is 6.13. The molecule has 2 aromatic heterocycles. The van der Waals surface area contributed by atoms with Gasteiger partial charge in [-0.05, 0) is 26.2 Å². The largest absolute Gasteiger partial charge is 0.355 e. The van der Waals surface area contributed by atoms with Crippen LogP contribution in [0, 0.1) is 6.92 Å². The van der Waals surface area contributed by atoms with Crippen LogP contribution in [0.2, 0.25) is 0 Å². The second-order valence-corrected chi connectivity index (χ2v) is 6.13. The minimum Gasteiger partial charge on any atom is -0.355 e. The monoisotopic (exact) mass is 338 g/mol. The summed E-state index contributed by atoms with van der Waals surface area (Å²) in [6, 6.07) is 11.1. The highest BCUT2D eigenvalue weighted by Gasteiger charge is 2.33. The molecule has 0 unspecified atom stereocenters. The van der Waals surface area contributed by atoms with Gasteiger partial charge in [-0.25, -0.2) is 0 Å². The molecule has 128 valence electrons. The van der Waals surface area contributed by atoms with E-state index in [1.54, 1.807) is 17.9 Å². The van der Waals surface area contributed by atoms with Crippen LogP contribution in [0.3, 0.4) is 0 Å². The molecule has 0 saturated carbocycles. The van der Waals surface area contributed by atoms with E-state index in [1.165, 1.54) is 0 Å². The first-order valence-electron chi connectivity index (χ1n) is 8.35. The van der Waals surface area contributed by atoms with E-state index in [0.29, 0.717) is 29.7 Å². The van der Waals surface area contributed by atoms with Crippen molar-refractivity contribution in [3.8, 4) is 11.3 Å². The number of likely N-dealkylation sites (tertiary alicyclic amines) is 1. The lowest BCUT2D eigenvalue weighted by Gasteiger charge is -2.32. The summed E-state index contributed by atoms with van der Waals surface area (Å²) in [7, 11) is 0. The Morgan fingerprint density at radius 3 is 2.76 bits per heavy atom. The van der Waals surface area contributed by atoms with Gasteiger partial charge in [0.1, 0.15) is 6.04 Å². The number of aryl methyl sites for hydroxylation is 1. The van der Waals surface area contributed by atoms with Gasteiger partial charge in [0.2, 0.25) is 5.89 Å². The molecule has 1 aliphatic rings. The Hall–Kier alpha value is -2.96. The Balaban J connectivity index is 1.60. The predicted octanol–water partition coefficient (Wildman–Crippen LogP) is 3.40. The van der Waals surface area contributed by atoms with Crippen molar-refractivity contribution in [3.05, 3.63) is 53.8 Å². The first kappa shape index (κ1) is 15.6. The van der Waals surface area contributed by atoms with Gasteiger partial charge in [-0.1, -0.05) is 40.6 Å². The minimum atomic E-state index is -0.209. The molecule has 0 N–H and O–H groups in total. The highest BCUT2D eigenvalue weighted by atomic mass is 16.5. The lowest BCUT2D eigenvalue weighted by Crippen LogP contribution is -2.38. The summed E-state index contributed by atoms with van der Waals surface area (Å²) in [5.74, 6) is 1.45. The Bertz CT molecular complexity index is 871. The number of carbonyl (C=O) groups excluding carboxylic acids is 1. The zero-order valence-electron chi connectivity index (χ0n) is 13.9. The molecule has 1 aromatic carbocycles. The molecule has 1 saturated heterocycles. The molecule has 1 amide bonds. The molecule has 1 aliphatic heterocycles. The molecule has 0 aliphatic carbocycles. The summed E-state index contributed by atoms with van der Waals surface area (Å²) in [5, 5.41) is 7.81. The van der Waals surface area contributed by atoms with E-state index in [2.05, 4.69) is 15.3 Å². The van der Waals surface area contributed by atoms with Gasteiger partial charge in [-0.15, -0.1) is 0 Å². The van der Waals surface area contributed by atoms with Crippen molar-refractivity contribution in [1.82, 2.24) is 20.2 Å². The summed E-state index contributed by atoms with van der Waals surface area (Å²) in [6.45, 7) is 2.41. The van der Waals surface area contributed by atoms with Crippen molar-refractivity contribution >= 4 is 5.91 Å². The zero-order chi connectivity index (χ0) is 17.2. The maximum Gasteiger partial charge on any atom is 0.276 e. The Labute approximate surface area is 144 Å². The summed E-state index contributed by atoms with van der Waals surface area (Å²) in [6.07, 6.45) is 2.76. The van der Waals surface area contributed by atoms with Crippen LogP contribution in [0.25, 0.3) is 11.3 Å². The van der Waals surface area contributed by atoms with Gasteiger partial charge in [0, 0.05) is 18.2 Å². The highest BCUT2D eigenvalue weighted by Crippen LogP contribution is 2.31. The lowest BCUT2D eigenvalue weighted by molar-refractivity contribution is 0.0551. The SMILES string of the molecule is Cc1noc([C@H]2CCCCN2C(=O)c2cc(-c3ccccc3)on2)n1. The Morgan fingerprint density at radius 1 is 1.16 bits per heavy atom. The minimum absolute atomic E-state index is 0.175. The van der Waals surface area contributed by atoms with E-state index >= 15 is 0 Å². The Morgan fingerprint density at radius 2 is 2.00 bits per heavy atom. The van der Waals surface area contributed by atoms with E-state index in [-0.39, 0.29) is 11.9 Å². The zero-order valence-corrected chi connectivity index (χ0v) is 13.9. The van der Waals surface area contributed by atoms with Crippen molar-refractivity contribution in [2.75, 3.05) is 6.54 Å². The van der Waals surface area contributed by atoms with Gasteiger partial charge in [0.15, 0.2) is 17.3 Å². The molecule has 0 radical (unpaired) electrons. The topological polar surface area (TPSA) is 85.3 Å². The van der Waals surface area contributed by atoms with E-state index in [9.17, 15) is 4.79 Å². The number of amides is 1. The number of rotatable bonds is 3. The third kappa shape index (κ3) is 3.05. The average Bonchev–Trinajstić information content (AvgIpc) is 3.31. The summed E-state index contributed by atoms with van der Waals surface area (Å²) in [4.78, 5) is 19.0. The van der Waals surface area contributed by atoms with E-state index in [4.69, 9.17) is 9.05 Å². The fourth-order valence-electron chi connectivity index (χ4n) is 3.14. The Kier molecular flexibility index (Phi) is 4.05. The molecule has 7 heteroatoms. The number of aromatic nitrogens is 3. The van der Waals surface area contributed by atoms with Crippen LogP contribution in [0.5, 0.6) is 0 Å². The van der Waals surface area contributed by atoms with Crippen molar-refractivity contribution in [2.45, 2.75) is 32.2 Å². The van der Waals surface area contributed by atoms with E-state index in [1.807, 2.05) is 30.3 Å². The number of benzene rings is 1. The van der Waals surface area contributed by atoms with Crippen LogP contribution in [0.15, 0.2) is 45.4 Å². The fraction of sp³-hybridized carbons (Fsp3) is 0.333. The molecule has 0 bridgehead atoms. The third-order valence-electron chi connectivity index (χ3n) is 4.38. The quantitative estimate of drug-likeness (QED) is 0.727. The highest BCUT2D eigenvalue weighted by molar-refractivity contribution is 5.93. The van der Waals surface area contributed by atoms with Crippen LogP contribution in [-0.2, 0) is 0 Å². The van der Waals surface area contributed by atoms with Crippen LogP contribution in [0.4, 0.5) is 0 Å². The molecule has 25 heavy (non-hydrogen) atoms. The van der Waals surface area contributed by atoms with Gasteiger partial charge in [0.25, 0.3) is 5.91 Å². The number of piperidine rings is 1. The van der Waals surface area contributed by atoms with E-state index < -0.39 is 0 Å². The number of carbonyl (C=O) groups is 1. The normalized spacial score (nSPS) is 17.6. The van der Waals surface area contributed by atoms with Crippen molar-refractivity contribution in [3.63, 3.8) is 0 Å². The predicted molar refractivity (Wildman–Crippen MR) is 88.6 cm³/mol. The van der Waals surface area contributed by atoms with Crippen LogP contribution < -0.4 is 0 Å². The number of hydrogen-bond donors (Lipinski definition) is 0. The first-order chi connectivity index (χ1) is 12.2. The van der Waals surface area contributed by atoms with Crippen molar-refractivity contribution < 1.29 is 13.8 Å². The van der Waals surface area contributed by atoms with Crippen LogP contribution in [-0.4, -0.2) is 32.6 Å². The van der Waals surface area contributed by atoms with E-state index in [0.717, 1.165) is 24.8 Å². The number of nitrogens with zero attached hydrogens (tertiary/aromatic N) is 4.